The summed E-state index contributed by atoms with van der Waals surface area (Å²) in [5.41, 5.74) is 6.09. The Morgan fingerprint density at radius 3 is 2.72 bits per heavy atom. The van der Waals surface area contributed by atoms with Crippen LogP contribution >= 0.6 is 12.2 Å². The van der Waals surface area contributed by atoms with Gasteiger partial charge in [0.2, 0.25) is 0 Å². The summed E-state index contributed by atoms with van der Waals surface area (Å²) in [5, 5.41) is 3.19. The Morgan fingerprint density at radius 2 is 2.11 bits per heavy atom. The number of rotatable bonds is 4. The summed E-state index contributed by atoms with van der Waals surface area (Å²) >= 11 is 4.94. The number of aryl methyl sites for hydroxylation is 1. The normalized spacial score (nSPS) is 12.1. The Hall–Kier alpha value is -1.95. The molecule has 0 aromatic carbocycles. The maximum atomic E-state index is 5.60. The summed E-state index contributed by atoms with van der Waals surface area (Å²) < 4.78 is 5.54. The van der Waals surface area contributed by atoms with Crippen LogP contribution in [0.25, 0.3) is 0 Å². The fourth-order valence-electron chi connectivity index (χ4n) is 1.59. The van der Waals surface area contributed by atoms with Crippen LogP contribution in [0.4, 0.5) is 5.82 Å². The van der Waals surface area contributed by atoms with Gasteiger partial charge < -0.3 is 15.5 Å². The van der Waals surface area contributed by atoms with Gasteiger partial charge in [-0.3, -0.25) is 0 Å². The molecule has 0 spiro atoms. The van der Waals surface area contributed by atoms with E-state index in [0.717, 1.165) is 11.5 Å². The van der Waals surface area contributed by atoms with Crippen LogP contribution in [0.2, 0.25) is 0 Å². The second-order valence-electron chi connectivity index (χ2n) is 3.93. The standard InChI is InChI=1S/C12H14N4OS/c1-7-3-4-9(17-7)8(2)16-12-10(11(13)18)14-5-6-15-12/h3-6,8H,1-2H3,(H2,13,18)(H,15,16). The summed E-state index contributed by atoms with van der Waals surface area (Å²) in [6.07, 6.45) is 3.14. The summed E-state index contributed by atoms with van der Waals surface area (Å²) in [5.74, 6) is 2.26. The molecule has 2 heterocycles. The van der Waals surface area contributed by atoms with Crippen molar-refractivity contribution in [3.63, 3.8) is 0 Å². The van der Waals surface area contributed by atoms with Gasteiger partial charge in [0.15, 0.2) is 5.82 Å². The van der Waals surface area contributed by atoms with Crippen LogP contribution in [0, 0.1) is 6.92 Å². The lowest BCUT2D eigenvalue weighted by atomic mass is 10.2. The minimum absolute atomic E-state index is 0.0384. The lowest BCUT2D eigenvalue weighted by Gasteiger charge is -2.14. The highest BCUT2D eigenvalue weighted by Gasteiger charge is 2.14. The molecule has 5 nitrogen and oxygen atoms in total. The van der Waals surface area contributed by atoms with E-state index in [9.17, 15) is 0 Å². The van der Waals surface area contributed by atoms with Crippen LogP contribution < -0.4 is 11.1 Å². The molecule has 0 fully saturated rings. The highest BCUT2D eigenvalue weighted by atomic mass is 32.1. The van der Waals surface area contributed by atoms with E-state index in [-0.39, 0.29) is 11.0 Å². The molecule has 94 valence electrons. The summed E-state index contributed by atoms with van der Waals surface area (Å²) in [7, 11) is 0. The van der Waals surface area contributed by atoms with Crippen molar-refractivity contribution in [2.75, 3.05) is 5.32 Å². The van der Waals surface area contributed by atoms with E-state index >= 15 is 0 Å². The highest BCUT2D eigenvalue weighted by molar-refractivity contribution is 7.80. The molecule has 0 amide bonds. The van der Waals surface area contributed by atoms with Gasteiger partial charge in [-0.15, -0.1) is 0 Å². The first kappa shape index (κ1) is 12.5. The zero-order valence-corrected chi connectivity index (χ0v) is 11.0. The van der Waals surface area contributed by atoms with Gasteiger partial charge in [0.05, 0.1) is 6.04 Å². The monoisotopic (exact) mass is 262 g/mol. The Bertz CT molecular complexity index is 567. The Labute approximate surface area is 110 Å². The summed E-state index contributed by atoms with van der Waals surface area (Å²) in [6, 6.07) is 3.80. The summed E-state index contributed by atoms with van der Waals surface area (Å²) in [4.78, 5) is 8.51. The lowest BCUT2D eigenvalue weighted by Crippen LogP contribution is -2.17. The molecule has 0 aliphatic heterocycles. The molecule has 18 heavy (non-hydrogen) atoms. The van der Waals surface area contributed by atoms with E-state index in [1.54, 1.807) is 12.4 Å². The number of anilines is 1. The zero-order valence-electron chi connectivity index (χ0n) is 10.2. The second kappa shape index (κ2) is 5.14. The molecule has 1 atom stereocenters. The van der Waals surface area contributed by atoms with Crippen LogP contribution in [-0.2, 0) is 0 Å². The minimum Gasteiger partial charge on any atom is -0.464 e. The number of hydrogen-bond donors (Lipinski definition) is 2. The molecule has 1 unspecified atom stereocenters. The van der Waals surface area contributed by atoms with Crippen molar-refractivity contribution in [3.8, 4) is 0 Å². The predicted molar refractivity (Wildman–Crippen MR) is 73.4 cm³/mol. The molecule has 2 rings (SSSR count). The number of nitrogens with zero attached hydrogens (tertiary/aromatic N) is 2. The van der Waals surface area contributed by atoms with Crippen molar-refractivity contribution in [1.29, 1.82) is 0 Å². The van der Waals surface area contributed by atoms with Crippen LogP contribution in [-0.4, -0.2) is 15.0 Å². The topological polar surface area (TPSA) is 77.0 Å². The molecule has 2 aromatic rings. The molecule has 0 radical (unpaired) electrons. The smallest absolute Gasteiger partial charge is 0.155 e. The number of thiocarbonyl (C=S) groups is 1. The van der Waals surface area contributed by atoms with Crippen molar-refractivity contribution in [2.45, 2.75) is 19.9 Å². The van der Waals surface area contributed by atoms with Crippen molar-refractivity contribution in [1.82, 2.24) is 9.97 Å². The quantitative estimate of drug-likeness (QED) is 0.822. The zero-order chi connectivity index (χ0) is 13.1. The maximum Gasteiger partial charge on any atom is 0.155 e. The van der Waals surface area contributed by atoms with Crippen LogP contribution in [0.15, 0.2) is 28.9 Å². The molecule has 0 aliphatic carbocycles. The van der Waals surface area contributed by atoms with Gasteiger partial charge in [-0.25, -0.2) is 9.97 Å². The van der Waals surface area contributed by atoms with E-state index in [1.165, 1.54) is 0 Å². The van der Waals surface area contributed by atoms with E-state index < -0.39 is 0 Å². The molecule has 6 heteroatoms. The fraction of sp³-hybridized carbons (Fsp3) is 0.250. The highest BCUT2D eigenvalue weighted by Crippen LogP contribution is 2.21. The largest absolute Gasteiger partial charge is 0.464 e. The molecular formula is C12H14N4OS. The molecule has 0 aliphatic rings. The maximum absolute atomic E-state index is 5.60. The van der Waals surface area contributed by atoms with E-state index in [4.69, 9.17) is 22.4 Å². The van der Waals surface area contributed by atoms with Gasteiger partial charge in [-0.1, -0.05) is 12.2 Å². The van der Waals surface area contributed by atoms with Gasteiger partial charge in [0, 0.05) is 12.4 Å². The van der Waals surface area contributed by atoms with Crippen LogP contribution in [0.3, 0.4) is 0 Å². The number of nitrogens with one attached hydrogen (secondary N) is 1. The van der Waals surface area contributed by atoms with E-state index in [0.29, 0.717) is 11.5 Å². The second-order valence-corrected chi connectivity index (χ2v) is 4.37. The Balaban J connectivity index is 2.21. The molecule has 3 N–H and O–H groups in total. The minimum atomic E-state index is -0.0384. The average molecular weight is 262 g/mol. The van der Waals surface area contributed by atoms with Crippen molar-refractivity contribution in [3.05, 3.63) is 41.7 Å². The first-order chi connectivity index (χ1) is 8.58. The van der Waals surface area contributed by atoms with Gasteiger partial charge >= 0.3 is 0 Å². The predicted octanol–water partition coefficient (Wildman–Crippen LogP) is 2.19. The SMILES string of the molecule is Cc1ccc(C(C)Nc2nccnc2C(N)=S)o1. The van der Waals surface area contributed by atoms with Crippen molar-refractivity contribution >= 4 is 23.0 Å². The lowest BCUT2D eigenvalue weighted by molar-refractivity contribution is 0.466. The molecule has 0 saturated carbocycles. The van der Waals surface area contributed by atoms with E-state index in [1.807, 2.05) is 26.0 Å². The van der Waals surface area contributed by atoms with Gasteiger partial charge in [-0.2, -0.15) is 0 Å². The molecule has 0 saturated heterocycles. The number of nitrogens with two attached hydrogens (primary N) is 1. The van der Waals surface area contributed by atoms with Crippen molar-refractivity contribution in [2.24, 2.45) is 5.73 Å². The van der Waals surface area contributed by atoms with Crippen molar-refractivity contribution < 1.29 is 4.42 Å². The van der Waals surface area contributed by atoms with Crippen LogP contribution in [0.1, 0.15) is 30.2 Å². The average Bonchev–Trinajstić information content (AvgIpc) is 2.76. The van der Waals surface area contributed by atoms with Gasteiger partial charge in [0.1, 0.15) is 22.2 Å². The molecule has 0 bridgehead atoms. The number of furan rings is 1. The van der Waals surface area contributed by atoms with E-state index in [2.05, 4.69) is 15.3 Å². The van der Waals surface area contributed by atoms with Gasteiger partial charge in [-0.05, 0) is 26.0 Å². The van der Waals surface area contributed by atoms with Crippen LogP contribution in [0.5, 0.6) is 0 Å². The fourth-order valence-corrected chi connectivity index (χ4v) is 1.74. The number of aromatic nitrogens is 2. The Morgan fingerprint density at radius 1 is 1.39 bits per heavy atom. The third-order valence-corrected chi connectivity index (χ3v) is 2.67. The third-order valence-electron chi connectivity index (χ3n) is 2.47. The molecular weight excluding hydrogens is 248 g/mol. The first-order valence-corrected chi connectivity index (χ1v) is 5.92. The van der Waals surface area contributed by atoms with Gasteiger partial charge in [0.25, 0.3) is 0 Å². The molecule has 2 aromatic heterocycles. The third kappa shape index (κ3) is 2.65. The Kier molecular flexibility index (Phi) is 3.57. The first-order valence-electron chi connectivity index (χ1n) is 5.51. The number of hydrogen-bond acceptors (Lipinski definition) is 5. The summed E-state index contributed by atoms with van der Waals surface area (Å²) in [6.45, 7) is 3.87.